The van der Waals surface area contributed by atoms with Crippen LogP contribution in [0.15, 0.2) is 33.5 Å². The van der Waals surface area contributed by atoms with E-state index in [2.05, 4.69) is 0 Å². The molecule has 0 aliphatic rings. The molecule has 0 atom stereocenters. The van der Waals surface area contributed by atoms with Crippen LogP contribution in [0.1, 0.15) is 5.56 Å². The average Bonchev–Trinajstić information content (AvgIpc) is 2.25. The highest BCUT2D eigenvalue weighted by atomic mass is 31.2. The van der Waals surface area contributed by atoms with Gasteiger partial charge in [0.15, 0.2) is 0 Å². The average molecular weight is 270 g/mol. The second-order valence-corrected chi connectivity index (χ2v) is 5.42. The van der Waals surface area contributed by atoms with Gasteiger partial charge in [0.1, 0.15) is 11.3 Å². The van der Waals surface area contributed by atoms with Crippen molar-refractivity contribution in [3.05, 3.63) is 40.2 Å². The molecule has 1 heterocycles. The topological polar surface area (TPSA) is 97.0 Å². The third-order valence-electron chi connectivity index (χ3n) is 2.41. The Balaban J connectivity index is 2.66. The smallest absolute Gasteiger partial charge is 0.336 e. The van der Waals surface area contributed by atoms with Crippen LogP contribution in [0.4, 0.5) is 0 Å². The lowest BCUT2D eigenvalue weighted by molar-refractivity contribution is 0.372. The van der Waals surface area contributed by atoms with Crippen molar-refractivity contribution >= 4 is 18.6 Å². The number of hydrogen-bond acceptors (Lipinski definition) is 4. The van der Waals surface area contributed by atoms with E-state index >= 15 is 0 Å². The van der Waals surface area contributed by atoms with E-state index in [-0.39, 0.29) is 11.1 Å². The third-order valence-corrected chi connectivity index (χ3v) is 3.17. The Morgan fingerprint density at radius 1 is 1.33 bits per heavy atom. The van der Waals surface area contributed by atoms with Gasteiger partial charge in [-0.25, -0.2) is 4.79 Å². The van der Waals surface area contributed by atoms with Gasteiger partial charge < -0.3 is 18.9 Å². The number of hydrogen-bond donors (Lipinski definition) is 2. The fourth-order valence-corrected chi connectivity index (χ4v) is 2.40. The fraction of sp³-hybridized carbons (Fsp3) is 0.182. The highest BCUT2D eigenvalue weighted by molar-refractivity contribution is 7.50. The zero-order valence-electron chi connectivity index (χ0n) is 9.49. The predicted octanol–water partition coefficient (Wildman–Crippen LogP) is 1.48. The standard InChI is InChI=1S/C11H11O6P/c1-16-8-2-3-9-7(6-18(13,14)15)4-11(12)17-10(9)5-8/h2-5H,6H2,1H3,(H2,13,14,15). The lowest BCUT2D eigenvalue weighted by atomic mass is 10.1. The molecule has 2 aromatic rings. The van der Waals surface area contributed by atoms with E-state index < -0.39 is 19.4 Å². The molecular formula is C11H11O6P. The van der Waals surface area contributed by atoms with Crippen LogP contribution in [-0.4, -0.2) is 16.9 Å². The van der Waals surface area contributed by atoms with E-state index in [0.717, 1.165) is 6.07 Å². The number of rotatable bonds is 3. The Bertz CT molecular complexity index is 683. The van der Waals surface area contributed by atoms with Gasteiger partial charge in [-0.3, -0.25) is 4.57 Å². The van der Waals surface area contributed by atoms with Crippen LogP contribution in [0.3, 0.4) is 0 Å². The zero-order valence-corrected chi connectivity index (χ0v) is 10.4. The molecule has 6 nitrogen and oxygen atoms in total. The third kappa shape index (κ3) is 2.79. The van der Waals surface area contributed by atoms with Gasteiger partial charge in [-0.15, -0.1) is 0 Å². The van der Waals surface area contributed by atoms with Crippen molar-refractivity contribution in [1.82, 2.24) is 0 Å². The maximum absolute atomic E-state index is 11.3. The highest BCUT2D eigenvalue weighted by Crippen LogP contribution is 2.40. The molecule has 0 unspecified atom stereocenters. The lowest BCUT2D eigenvalue weighted by Crippen LogP contribution is -2.01. The molecule has 2 rings (SSSR count). The summed E-state index contributed by atoms with van der Waals surface area (Å²) >= 11 is 0. The number of fused-ring (bicyclic) bond motifs is 1. The SMILES string of the molecule is COc1ccc2c(CP(=O)(O)O)cc(=O)oc2c1. The molecular weight excluding hydrogens is 259 g/mol. The van der Waals surface area contributed by atoms with Crippen molar-refractivity contribution in [3.63, 3.8) is 0 Å². The van der Waals surface area contributed by atoms with Gasteiger partial charge in [0.05, 0.1) is 13.3 Å². The summed E-state index contributed by atoms with van der Waals surface area (Å²) in [7, 11) is -2.77. The molecule has 0 saturated carbocycles. The molecule has 18 heavy (non-hydrogen) atoms. The largest absolute Gasteiger partial charge is 0.497 e. The van der Waals surface area contributed by atoms with Crippen molar-refractivity contribution in [2.24, 2.45) is 0 Å². The molecule has 0 radical (unpaired) electrons. The van der Waals surface area contributed by atoms with E-state index in [0.29, 0.717) is 11.1 Å². The van der Waals surface area contributed by atoms with Crippen molar-refractivity contribution in [2.75, 3.05) is 7.11 Å². The first kappa shape index (κ1) is 12.8. The van der Waals surface area contributed by atoms with Crippen LogP contribution in [-0.2, 0) is 10.7 Å². The molecule has 0 fully saturated rings. The van der Waals surface area contributed by atoms with Crippen LogP contribution in [0, 0.1) is 0 Å². The van der Waals surface area contributed by atoms with Crippen molar-refractivity contribution in [3.8, 4) is 5.75 Å². The van der Waals surface area contributed by atoms with E-state index in [1.54, 1.807) is 12.1 Å². The Hall–Kier alpha value is -1.62. The van der Waals surface area contributed by atoms with Crippen LogP contribution >= 0.6 is 7.60 Å². The van der Waals surface area contributed by atoms with Gasteiger partial charge in [0, 0.05) is 17.5 Å². The number of benzene rings is 1. The predicted molar refractivity (Wildman–Crippen MR) is 64.8 cm³/mol. The summed E-state index contributed by atoms with van der Waals surface area (Å²) in [4.78, 5) is 29.3. The van der Waals surface area contributed by atoms with Crippen LogP contribution in [0.5, 0.6) is 5.75 Å². The van der Waals surface area contributed by atoms with Crippen LogP contribution in [0.2, 0.25) is 0 Å². The monoisotopic (exact) mass is 270 g/mol. The molecule has 0 amide bonds. The van der Waals surface area contributed by atoms with E-state index in [1.807, 2.05) is 0 Å². The first-order valence-electron chi connectivity index (χ1n) is 5.04. The normalized spacial score (nSPS) is 11.7. The van der Waals surface area contributed by atoms with Crippen molar-refractivity contribution < 1.29 is 23.5 Å². The maximum atomic E-state index is 11.3. The lowest BCUT2D eigenvalue weighted by Gasteiger charge is -2.07. The zero-order chi connectivity index (χ0) is 13.3. The van der Waals surface area contributed by atoms with Gasteiger partial charge in [-0.2, -0.15) is 0 Å². The minimum absolute atomic E-state index is 0.241. The summed E-state index contributed by atoms with van der Waals surface area (Å²) in [6.45, 7) is 0. The Morgan fingerprint density at radius 3 is 2.67 bits per heavy atom. The summed E-state index contributed by atoms with van der Waals surface area (Å²) in [5.74, 6) is 0.499. The van der Waals surface area contributed by atoms with Crippen molar-refractivity contribution in [2.45, 2.75) is 6.16 Å². The Morgan fingerprint density at radius 2 is 2.06 bits per heavy atom. The van der Waals surface area contributed by atoms with E-state index in [9.17, 15) is 9.36 Å². The molecule has 7 heteroatoms. The van der Waals surface area contributed by atoms with Gasteiger partial charge in [0.25, 0.3) is 0 Å². The Labute approximate surface area is 102 Å². The number of methoxy groups -OCH3 is 1. The van der Waals surface area contributed by atoms with Crippen molar-refractivity contribution in [1.29, 1.82) is 0 Å². The molecule has 0 aliphatic heterocycles. The fourth-order valence-electron chi connectivity index (χ4n) is 1.69. The van der Waals surface area contributed by atoms with Crippen LogP contribution in [0.25, 0.3) is 11.0 Å². The van der Waals surface area contributed by atoms with Gasteiger partial charge in [-0.05, 0) is 17.7 Å². The Kier molecular flexibility index (Phi) is 3.26. The summed E-state index contributed by atoms with van der Waals surface area (Å²) < 4.78 is 21.0. The number of ether oxygens (including phenoxy) is 1. The van der Waals surface area contributed by atoms with Gasteiger partial charge in [0.2, 0.25) is 0 Å². The maximum Gasteiger partial charge on any atom is 0.336 e. The quantitative estimate of drug-likeness (QED) is 0.647. The highest BCUT2D eigenvalue weighted by Gasteiger charge is 2.17. The molecule has 0 spiro atoms. The molecule has 1 aromatic heterocycles. The summed E-state index contributed by atoms with van der Waals surface area (Å²) in [5, 5.41) is 0.485. The second kappa shape index (κ2) is 4.57. The van der Waals surface area contributed by atoms with Crippen LogP contribution < -0.4 is 10.4 Å². The molecule has 2 N–H and O–H groups in total. The van der Waals surface area contributed by atoms with Gasteiger partial charge in [-0.1, -0.05) is 0 Å². The minimum Gasteiger partial charge on any atom is -0.497 e. The molecule has 0 aliphatic carbocycles. The summed E-state index contributed by atoms with van der Waals surface area (Å²) in [6, 6.07) is 5.82. The summed E-state index contributed by atoms with van der Waals surface area (Å²) in [5.41, 5.74) is -0.151. The van der Waals surface area contributed by atoms with Gasteiger partial charge >= 0.3 is 13.2 Å². The first-order chi connectivity index (χ1) is 8.39. The molecule has 96 valence electrons. The first-order valence-corrected chi connectivity index (χ1v) is 6.84. The minimum atomic E-state index is -4.24. The molecule has 0 saturated heterocycles. The second-order valence-electron chi connectivity index (χ2n) is 3.78. The summed E-state index contributed by atoms with van der Waals surface area (Å²) in [6.07, 6.45) is -0.499. The van der Waals surface area contributed by atoms with E-state index in [1.165, 1.54) is 13.2 Å². The molecule has 0 bridgehead atoms. The molecule has 1 aromatic carbocycles. The van der Waals surface area contributed by atoms with E-state index in [4.69, 9.17) is 18.9 Å².